The number of amides is 1. The first-order valence-electron chi connectivity index (χ1n) is 8.02. The lowest BCUT2D eigenvalue weighted by Gasteiger charge is -2.05. The molecule has 0 aliphatic carbocycles. The van der Waals surface area contributed by atoms with Crippen molar-refractivity contribution in [3.63, 3.8) is 0 Å². The largest absolute Gasteiger partial charge is 0.494 e. The average Bonchev–Trinajstić information content (AvgIpc) is 3.04. The van der Waals surface area contributed by atoms with E-state index in [1.807, 2.05) is 66.9 Å². The van der Waals surface area contributed by atoms with Crippen molar-refractivity contribution in [3.05, 3.63) is 65.7 Å². The van der Waals surface area contributed by atoms with Crippen molar-refractivity contribution in [2.75, 3.05) is 17.2 Å². The molecule has 5 nitrogen and oxygen atoms in total. The molecule has 0 bridgehead atoms. The summed E-state index contributed by atoms with van der Waals surface area (Å²) in [5.74, 6) is 0.759. The molecule has 0 radical (unpaired) electrons. The van der Waals surface area contributed by atoms with Crippen LogP contribution in [0.25, 0.3) is 0 Å². The molecule has 0 saturated heterocycles. The first-order chi connectivity index (χ1) is 12.2. The molecule has 1 heterocycles. The molecular weight excluding hydrogens is 334 g/mol. The number of thiazole rings is 1. The Morgan fingerprint density at radius 1 is 1.08 bits per heavy atom. The van der Waals surface area contributed by atoms with Gasteiger partial charge in [0.05, 0.1) is 18.7 Å². The number of para-hydroxylation sites is 1. The minimum absolute atomic E-state index is 0.0795. The standard InChI is InChI=1S/C19H19N3O2S/c1-2-24-17-10-8-15(9-11-17)21-19-22-16(13-25-19)12-18(23)20-14-6-4-3-5-7-14/h3-11,13H,2,12H2,1H3,(H,20,23)(H,21,22). The molecule has 6 heteroatoms. The van der Waals surface area contributed by atoms with Gasteiger partial charge in [-0.15, -0.1) is 11.3 Å². The number of rotatable bonds is 7. The van der Waals surface area contributed by atoms with E-state index in [-0.39, 0.29) is 12.3 Å². The summed E-state index contributed by atoms with van der Waals surface area (Å²) in [6.07, 6.45) is 0.246. The normalized spacial score (nSPS) is 10.3. The second kappa shape index (κ2) is 8.30. The summed E-state index contributed by atoms with van der Waals surface area (Å²) in [5.41, 5.74) is 2.46. The smallest absolute Gasteiger partial charge is 0.230 e. The molecule has 0 unspecified atom stereocenters. The molecule has 3 aromatic rings. The molecule has 1 amide bonds. The van der Waals surface area contributed by atoms with Crippen molar-refractivity contribution < 1.29 is 9.53 Å². The van der Waals surface area contributed by atoms with Crippen molar-refractivity contribution in [2.24, 2.45) is 0 Å². The summed E-state index contributed by atoms with van der Waals surface area (Å²) in [7, 11) is 0. The van der Waals surface area contributed by atoms with Gasteiger partial charge < -0.3 is 15.4 Å². The number of carbonyl (C=O) groups excluding carboxylic acids is 1. The SMILES string of the molecule is CCOc1ccc(Nc2nc(CC(=O)Nc3ccccc3)cs2)cc1. The van der Waals surface area contributed by atoms with Crippen LogP contribution in [0.15, 0.2) is 60.0 Å². The summed E-state index contributed by atoms with van der Waals surface area (Å²) >= 11 is 1.47. The van der Waals surface area contributed by atoms with Gasteiger partial charge in [-0.25, -0.2) is 4.98 Å². The van der Waals surface area contributed by atoms with Crippen LogP contribution >= 0.6 is 11.3 Å². The van der Waals surface area contributed by atoms with Crippen LogP contribution in [0.1, 0.15) is 12.6 Å². The fraction of sp³-hybridized carbons (Fsp3) is 0.158. The van der Waals surface area contributed by atoms with Crippen molar-refractivity contribution in [1.82, 2.24) is 4.98 Å². The van der Waals surface area contributed by atoms with Crippen LogP contribution in [0.2, 0.25) is 0 Å². The summed E-state index contributed by atoms with van der Waals surface area (Å²) < 4.78 is 5.42. The van der Waals surface area contributed by atoms with Crippen molar-refractivity contribution in [2.45, 2.75) is 13.3 Å². The predicted molar refractivity (Wildman–Crippen MR) is 102 cm³/mol. The molecule has 2 aromatic carbocycles. The number of nitrogens with one attached hydrogen (secondary N) is 2. The number of hydrogen-bond acceptors (Lipinski definition) is 5. The lowest BCUT2D eigenvalue weighted by atomic mass is 10.3. The third-order valence-corrected chi connectivity index (χ3v) is 4.17. The second-order valence-electron chi connectivity index (χ2n) is 5.32. The Morgan fingerprint density at radius 3 is 2.56 bits per heavy atom. The molecule has 0 fully saturated rings. The van der Waals surface area contributed by atoms with Crippen LogP contribution in [0, 0.1) is 0 Å². The quantitative estimate of drug-likeness (QED) is 0.658. The Morgan fingerprint density at radius 2 is 1.84 bits per heavy atom. The van der Waals surface area contributed by atoms with E-state index in [0.717, 1.165) is 27.9 Å². The van der Waals surface area contributed by atoms with E-state index in [1.165, 1.54) is 11.3 Å². The van der Waals surface area contributed by atoms with Crippen LogP contribution in [0.3, 0.4) is 0 Å². The average molecular weight is 353 g/mol. The van der Waals surface area contributed by atoms with Gasteiger partial charge in [-0.2, -0.15) is 0 Å². The molecule has 128 valence electrons. The number of aromatic nitrogens is 1. The van der Waals surface area contributed by atoms with E-state index in [9.17, 15) is 4.79 Å². The molecule has 25 heavy (non-hydrogen) atoms. The van der Waals surface area contributed by atoms with Crippen molar-refractivity contribution in [1.29, 1.82) is 0 Å². The number of nitrogens with zero attached hydrogens (tertiary/aromatic N) is 1. The van der Waals surface area contributed by atoms with Crippen molar-refractivity contribution >= 4 is 33.8 Å². The summed E-state index contributed by atoms with van der Waals surface area (Å²) in [6.45, 7) is 2.60. The number of ether oxygens (including phenoxy) is 1. The number of anilines is 3. The molecule has 3 rings (SSSR count). The zero-order valence-corrected chi connectivity index (χ0v) is 14.7. The highest BCUT2D eigenvalue weighted by molar-refractivity contribution is 7.13. The van der Waals surface area contributed by atoms with Crippen molar-refractivity contribution in [3.8, 4) is 5.75 Å². The van der Waals surface area contributed by atoms with Gasteiger partial charge in [-0.3, -0.25) is 4.79 Å². The molecule has 0 aliphatic heterocycles. The minimum Gasteiger partial charge on any atom is -0.494 e. The maximum Gasteiger partial charge on any atom is 0.230 e. The summed E-state index contributed by atoms with van der Waals surface area (Å²) in [5, 5.41) is 8.74. The highest BCUT2D eigenvalue weighted by Crippen LogP contribution is 2.23. The lowest BCUT2D eigenvalue weighted by Crippen LogP contribution is -2.14. The molecule has 0 spiro atoms. The molecule has 2 N–H and O–H groups in total. The van der Waals surface area contributed by atoms with E-state index in [1.54, 1.807) is 0 Å². The van der Waals surface area contributed by atoms with E-state index < -0.39 is 0 Å². The first-order valence-corrected chi connectivity index (χ1v) is 8.90. The highest BCUT2D eigenvalue weighted by Gasteiger charge is 2.08. The topological polar surface area (TPSA) is 63.2 Å². The van der Waals surface area contributed by atoms with Crippen LogP contribution in [-0.2, 0) is 11.2 Å². The molecule has 1 aromatic heterocycles. The number of carbonyl (C=O) groups is 1. The van der Waals surface area contributed by atoms with Crippen LogP contribution < -0.4 is 15.4 Å². The van der Waals surface area contributed by atoms with Gasteiger partial charge >= 0.3 is 0 Å². The highest BCUT2D eigenvalue weighted by atomic mass is 32.1. The zero-order chi connectivity index (χ0) is 17.5. The maximum absolute atomic E-state index is 12.1. The molecular formula is C19H19N3O2S. The van der Waals surface area contributed by atoms with E-state index in [2.05, 4.69) is 15.6 Å². The van der Waals surface area contributed by atoms with Crippen LogP contribution in [0.5, 0.6) is 5.75 Å². The second-order valence-corrected chi connectivity index (χ2v) is 6.18. The van der Waals surface area contributed by atoms with Gasteiger partial charge in [0, 0.05) is 16.8 Å². The van der Waals surface area contributed by atoms with Crippen LogP contribution in [0.4, 0.5) is 16.5 Å². The first kappa shape index (κ1) is 17.0. The van der Waals surface area contributed by atoms with Gasteiger partial charge in [0.15, 0.2) is 5.13 Å². The van der Waals surface area contributed by atoms with Gasteiger partial charge in [0.2, 0.25) is 5.91 Å². The van der Waals surface area contributed by atoms with Gasteiger partial charge in [0.1, 0.15) is 5.75 Å². The maximum atomic E-state index is 12.1. The fourth-order valence-corrected chi connectivity index (χ4v) is 2.99. The van der Waals surface area contributed by atoms with Gasteiger partial charge in [0.25, 0.3) is 0 Å². The predicted octanol–water partition coefficient (Wildman–Crippen LogP) is 4.47. The molecule has 0 saturated carbocycles. The molecule has 0 atom stereocenters. The minimum atomic E-state index is -0.0795. The Hall–Kier alpha value is -2.86. The Balaban J connectivity index is 1.55. The zero-order valence-electron chi connectivity index (χ0n) is 13.9. The third kappa shape index (κ3) is 5.06. The lowest BCUT2D eigenvalue weighted by molar-refractivity contribution is -0.115. The third-order valence-electron chi connectivity index (χ3n) is 3.37. The van der Waals surface area contributed by atoms with Gasteiger partial charge in [-0.05, 0) is 43.3 Å². The van der Waals surface area contributed by atoms with Crippen LogP contribution in [-0.4, -0.2) is 17.5 Å². The summed E-state index contributed by atoms with van der Waals surface area (Å²) in [4.78, 5) is 16.5. The Labute approximate surface area is 150 Å². The Bertz CT molecular complexity index is 816. The van der Waals surface area contributed by atoms with E-state index >= 15 is 0 Å². The molecule has 0 aliphatic rings. The Kier molecular flexibility index (Phi) is 5.64. The van der Waals surface area contributed by atoms with E-state index in [4.69, 9.17) is 4.74 Å². The number of hydrogen-bond donors (Lipinski definition) is 2. The van der Waals surface area contributed by atoms with E-state index in [0.29, 0.717) is 6.61 Å². The number of benzene rings is 2. The fourth-order valence-electron chi connectivity index (χ4n) is 2.26. The summed E-state index contributed by atoms with van der Waals surface area (Å²) in [6, 6.07) is 17.1. The van der Waals surface area contributed by atoms with Gasteiger partial charge in [-0.1, -0.05) is 18.2 Å². The monoisotopic (exact) mass is 353 g/mol.